The molecule has 1 fully saturated rings. The number of benzene rings is 1. The smallest absolute Gasteiger partial charge is 0.257 e. The summed E-state index contributed by atoms with van der Waals surface area (Å²) in [6, 6.07) is 22.7. The van der Waals surface area contributed by atoms with Crippen LogP contribution in [0.5, 0.6) is 0 Å². The fourth-order valence-electron chi connectivity index (χ4n) is 5.41. The number of aromatic nitrogens is 2. The van der Waals surface area contributed by atoms with Crippen molar-refractivity contribution >= 4 is 5.91 Å². The van der Waals surface area contributed by atoms with Crippen LogP contribution in [0.15, 0.2) is 89.8 Å². The number of aryl methyl sites for hydroxylation is 1. The molecule has 0 spiro atoms. The lowest BCUT2D eigenvalue weighted by Crippen LogP contribution is -2.47. The Bertz CT molecular complexity index is 1260. The van der Waals surface area contributed by atoms with E-state index in [-0.39, 0.29) is 11.9 Å². The molecule has 1 aliphatic heterocycles. The van der Waals surface area contributed by atoms with Crippen molar-refractivity contribution < 1.29 is 9.21 Å². The van der Waals surface area contributed by atoms with Gasteiger partial charge >= 0.3 is 0 Å². The van der Waals surface area contributed by atoms with Gasteiger partial charge in [-0.1, -0.05) is 36.4 Å². The van der Waals surface area contributed by atoms with Gasteiger partial charge in [-0.05, 0) is 81.1 Å². The Labute approximate surface area is 213 Å². The molecule has 1 amide bonds. The number of piperidine rings is 1. The lowest BCUT2D eigenvalue weighted by molar-refractivity contribution is 0.0582. The summed E-state index contributed by atoms with van der Waals surface area (Å²) in [7, 11) is 1.95. The first-order valence-electron chi connectivity index (χ1n) is 12.8. The highest BCUT2D eigenvalue weighted by molar-refractivity contribution is 5.95. The molecule has 6 heteroatoms. The lowest BCUT2D eigenvalue weighted by atomic mass is 9.84. The van der Waals surface area contributed by atoms with Crippen LogP contribution in [0.1, 0.15) is 40.2 Å². The van der Waals surface area contributed by atoms with Gasteiger partial charge in [0, 0.05) is 37.7 Å². The molecular weight excluding hydrogens is 448 g/mol. The Morgan fingerprint density at radius 3 is 2.53 bits per heavy atom. The zero-order valence-corrected chi connectivity index (χ0v) is 21.1. The Morgan fingerprint density at radius 1 is 1.06 bits per heavy atom. The second-order valence-electron chi connectivity index (χ2n) is 9.73. The molecule has 0 unspecified atom stereocenters. The summed E-state index contributed by atoms with van der Waals surface area (Å²) < 4.78 is 7.59. The highest BCUT2D eigenvalue weighted by atomic mass is 16.3. The first-order valence-corrected chi connectivity index (χ1v) is 12.8. The predicted octanol–water partition coefficient (Wildman–Crippen LogP) is 5.37. The molecule has 36 heavy (non-hydrogen) atoms. The largest absolute Gasteiger partial charge is 0.469 e. The maximum Gasteiger partial charge on any atom is 0.257 e. The van der Waals surface area contributed by atoms with Crippen molar-refractivity contribution in [1.82, 2.24) is 19.4 Å². The second-order valence-corrected chi connectivity index (χ2v) is 9.73. The van der Waals surface area contributed by atoms with Gasteiger partial charge in [0.05, 0.1) is 11.8 Å². The molecular formula is C30H34N4O2. The molecule has 1 aliphatic rings. The van der Waals surface area contributed by atoms with Crippen molar-refractivity contribution in [1.29, 1.82) is 0 Å². The minimum absolute atomic E-state index is 0.0396. The predicted molar refractivity (Wildman–Crippen MR) is 141 cm³/mol. The van der Waals surface area contributed by atoms with E-state index in [1.54, 1.807) is 12.3 Å². The number of nitrogens with zero attached hydrogens (tertiary/aromatic N) is 4. The number of hydrogen-bond acceptors (Lipinski definition) is 4. The van der Waals surface area contributed by atoms with E-state index in [0.29, 0.717) is 17.2 Å². The van der Waals surface area contributed by atoms with E-state index in [9.17, 15) is 4.79 Å². The van der Waals surface area contributed by atoms with Gasteiger partial charge in [-0.15, -0.1) is 0 Å². The minimum atomic E-state index is 0.0396. The molecule has 0 saturated carbocycles. The Morgan fingerprint density at radius 2 is 1.83 bits per heavy atom. The van der Waals surface area contributed by atoms with Crippen molar-refractivity contribution in [3.8, 4) is 5.82 Å². The third kappa shape index (κ3) is 5.29. The number of amides is 1. The number of hydrogen-bond donors (Lipinski definition) is 0. The van der Waals surface area contributed by atoms with Crippen LogP contribution in [0.4, 0.5) is 0 Å². The number of furan rings is 1. The third-order valence-electron chi connectivity index (χ3n) is 7.49. The summed E-state index contributed by atoms with van der Waals surface area (Å²) in [6.45, 7) is 4.77. The zero-order chi connectivity index (χ0) is 24.9. The van der Waals surface area contributed by atoms with E-state index in [0.717, 1.165) is 44.7 Å². The average Bonchev–Trinajstić information content (AvgIpc) is 3.57. The number of carbonyl (C=O) groups is 1. The van der Waals surface area contributed by atoms with E-state index < -0.39 is 0 Å². The number of rotatable bonds is 8. The van der Waals surface area contributed by atoms with Crippen LogP contribution in [0, 0.1) is 12.8 Å². The summed E-state index contributed by atoms with van der Waals surface area (Å²) in [5, 5.41) is 0. The molecule has 6 nitrogen and oxygen atoms in total. The topological polar surface area (TPSA) is 54.5 Å². The van der Waals surface area contributed by atoms with E-state index in [1.807, 2.05) is 49.3 Å². The molecule has 4 aromatic rings. The first-order chi connectivity index (χ1) is 17.6. The summed E-state index contributed by atoms with van der Waals surface area (Å²) in [4.78, 5) is 22.4. The standard InChI is InChI=1S/C30H34N4O2/c1-23-27(15-20-36-23)30(35)32(2)28(21-24-9-4-3-5-10-24)25-13-18-33(19-14-25)22-26-11-8-17-34(26)29-12-6-7-16-31-29/h3-12,15-17,20,25,28H,13-14,18-19,21-22H2,1-2H3/t28-/m0/s1. The highest BCUT2D eigenvalue weighted by Crippen LogP contribution is 2.29. The van der Waals surface area contributed by atoms with Crippen LogP contribution >= 0.6 is 0 Å². The van der Waals surface area contributed by atoms with E-state index >= 15 is 0 Å². The maximum atomic E-state index is 13.4. The van der Waals surface area contributed by atoms with Crippen molar-refractivity contribution in [2.75, 3.05) is 20.1 Å². The molecule has 0 radical (unpaired) electrons. The van der Waals surface area contributed by atoms with Crippen LogP contribution in [0.2, 0.25) is 0 Å². The molecule has 5 rings (SSSR count). The summed E-state index contributed by atoms with van der Waals surface area (Å²) in [6.07, 6.45) is 8.49. The van der Waals surface area contributed by atoms with E-state index in [2.05, 4.69) is 57.0 Å². The Kier molecular flexibility index (Phi) is 7.33. The average molecular weight is 483 g/mol. The van der Waals surface area contributed by atoms with Gasteiger partial charge in [0.2, 0.25) is 0 Å². The van der Waals surface area contributed by atoms with Gasteiger partial charge in [0.1, 0.15) is 11.6 Å². The van der Waals surface area contributed by atoms with E-state index in [4.69, 9.17) is 4.42 Å². The molecule has 1 aromatic carbocycles. The molecule has 0 bridgehead atoms. The third-order valence-corrected chi connectivity index (χ3v) is 7.49. The fourth-order valence-corrected chi connectivity index (χ4v) is 5.41. The van der Waals surface area contributed by atoms with E-state index in [1.165, 1.54) is 11.3 Å². The van der Waals surface area contributed by atoms with Crippen LogP contribution in [0.25, 0.3) is 5.82 Å². The zero-order valence-electron chi connectivity index (χ0n) is 21.1. The second kappa shape index (κ2) is 11.0. The Hall–Kier alpha value is -3.64. The van der Waals surface area contributed by atoms with Gasteiger partial charge in [0.25, 0.3) is 5.91 Å². The number of pyridine rings is 1. The summed E-state index contributed by atoms with van der Waals surface area (Å²) in [5.74, 6) is 2.10. The molecule has 3 aromatic heterocycles. The molecule has 186 valence electrons. The highest BCUT2D eigenvalue weighted by Gasteiger charge is 2.33. The Balaban J connectivity index is 1.28. The van der Waals surface area contributed by atoms with Crippen LogP contribution in [0.3, 0.4) is 0 Å². The molecule has 0 N–H and O–H groups in total. The van der Waals surface area contributed by atoms with Gasteiger partial charge in [-0.2, -0.15) is 0 Å². The number of likely N-dealkylation sites (N-methyl/N-ethyl adjacent to an activating group) is 1. The monoisotopic (exact) mass is 482 g/mol. The first kappa shape index (κ1) is 24.1. The minimum Gasteiger partial charge on any atom is -0.469 e. The SMILES string of the molecule is Cc1occc1C(=O)N(C)[C@@H](Cc1ccccc1)C1CCN(Cc2cccn2-c2ccccn2)CC1. The fraction of sp³-hybridized carbons (Fsp3) is 0.333. The maximum absolute atomic E-state index is 13.4. The van der Waals surface area contributed by atoms with Crippen LogP contribution in [-0.4, -0.2) is 51.4 Å². The van der Waals surface area contributed by atoms with Crippen LogP contribution < -0.4 is 0 Å². The lowest BCUT2D eigenvalue weighted by Gasteiger charge is -2.40. The van der Waals surface area contributed by atoms with Gasteiger partial charge in [-0.25, -0.2) is 4.98 Å². The molecule has 0 aliphatic carbocycles. The normalized spacial score (nSPS) is 15.6. The van der Waals surface area contributed by atoms with Crippen LogP contribution in [-0.2, 0) is 13.0 Å². The number of carbonyl (C=O) groups excluding carboxylic acids is 1. The van der Waals surface area contributed by atoms with Gasteiger partial charge < -0.3 is 13.9 Å². The quantitative estimate of drug-likeness (QED) is 0.339. The van der Waals surface area contributed by atoms with Crippen molar-refractivity contribution in [3.63, 3.8) is 0 Å². The molecule has 4 heterocycles. The summed E-state index contributed by atoms with van der Waals surface area (Å²) in [5.41, 5.74) is 3.17. The van der Waals surface area contributed by atoms with Gasteiger partial charge in [-0.3, -0.25) is 9.69 Å². The van der Waals surface area contributed by atoms with Crippen molar-refractivity contribution in [3.05, 3.63) is 108 Å². The van der Waals surface area contributed by atoms with Crippen molar-refractivity contribution in [2.24, 2.45) is 5.92 Å². The van der Waals surface area contributed by atoms with Gasteiger partial charge in [0.15, 0.2) is 0 Å². The summed E-state index contributed by atoms with van der Waals surface area (Å²) >= 11 is 0. The molecule has 1 saturated heterocycles. The molecule has 1 atom stereocenters. The number of likely N-dealkylation sites (tertiary alicyclic amines) is 1. The van der Waals surface area contributed by atoms with Crippen molar-refractivity contribution in [2.45, 2.75) is 38.8 Å².